The first-order chi connectivity index (χ1) is 7.90. The normalized spacial score (nSPS) is 11.4. The molecule has 0 spiro atoms. The first kappa shape index (κ1) is 13.7. The second kappa shape index (κ2) is 5.31. The lowest BCUT2D eigenvalue weighted by Crippen LogP contribution is -2.48. The lowest BCUT2D eigenvalue weighted by Gasteiger charge is -2.34. The van der Waals surface area contributed by atoms with Gasteiger partial charge in [-0.1, -0.05) is 0 Å². The molecule has 1 aromatic heterocycles. The van der Waals surface area contributed by atoms with Crippen molar-refractivity contribution >= 4 is 5.95 Å². The molecule has 0 amide bonds. The molecule has 5 heteroatoms. The lowest BCUT2D eigenvalue weighted by molar-refractivity contribution is 0.325. The van der Waals surface area contributed by atoms with Crippen LogP contribution in [0.5, 0.6) is 5.88 Å². The molecule has 0 aliphatic rings. The molecule has 5 nitrogen and oxygen atoms in total. The van der Waals surface area contributed by atoms with Gasteiger partial charge in [-0.3, -0.25) is 0 Å². The number of likely N-dealkylation sites (N-methyl/N-ethyl adjacent to an activating group) is 1. The van der Waals surface area contributed by atoms with Crippen LogP contribution in [0, 0.1) is 6.92 Å². The first-order valence-electron chi connectivity index (χ1n) is 5.83. The molecule has 0 fully saturated rings. The second-order valence-corrected chi connectivity index (χ2v) is 4.66. The maximum Gasteiger partial charge on any atom is 0.229 e. The monoisotopic (exact) mass is 238 g/mol. The third-order valence-electron chi connectivity index (χ3n) is 2.82. The molecular weight excluding hydrogens is 216 g/mol. The van der Waals surface area contributed by atoms with Crippen LogP contribution >= 0.6 is 0 Å². The molecule has 1 aromatic rings. The number of aryl methyl sites for hydroxylation is 1. The minimum absolute atomic E-state index is 0.183. The van der Waals surface area contributed by atoms with Crippen molar-refractivity contribution in [3.63, 3.8) is 0 Å². The summed E-state index contributed by atoms with van der Waals surface area (Å²) in [6.07, 6.45) is 0. The Kier molecular flexibility index (Phi) is 4.28. The van der Waals surface area contributed by atoms with Crippen LogP contribution < -0.4 is 15.4 Å². The van der Waals surface area contributed by atoms with Crippen molar-refractivity contribution in [2.45, 2.75) is 33.2 Å². The molecule has 1 rings (SSSR count). The van der Waals surface area contributed by atoms with Gasteiger partial charge in [-0.25, -0.2) is 4.98 Å². The summed E-state index contributed by atoms with van der Waals surface area (Å²) in [7, 11) is 1.94. The summed E-state index contributed by atoms with van der Waals surface area (Å²) < 4.78 is 5.41. The maximum atomic E-state index is 5.75. The average molecular weight is 238 g/mol. The summed E-state index contributed by atoms with van der Waals surface area (Å²) in [5.74, 6) is 1.25. The molecule has 1 heterocycles. The van der Waals surface area contributed by atoms with Crippen LogP contribution in [0.25, 0.3) is 0 Å². The number of hydrogen-bond acceptors (Lipinski definition) is 5. The molecule has 96 valence electrons. The van der Waals surface area contributed by atoms with Crippen molar-refractivity contribution < 1.29 is 4.74 Å². The van der Waals surface area contributed by atoms with Gasteiger partial charge >= 0.3 is 0 Å². The van der Waals surface area contributed by atoms with E-state index in [9.17, 15) is 0 Å². The zero-order chi connectivity index (χ0) is 13.1. The standard InChI is InChI=1S/C12H22N4O/c1-6-17-10-7-9(2)14-11(15-10)16(5)12(3,4)8-13/h7H,6,8,13H2,1-5H3. The third-order valence-corrected chi connectivity index (χ3v) is 2.82. The van der Waals surface area contributed by atoms with Gasteiger partial charge in [0, 0.05) is 30.9 Å². The molecule has 0 aliphatic heterocycles. The van der Waals surface area contributed by atoms with Crippen molar-refractivity contribution in [3.05, 3.63) is 11.8 Å². The van der Waals surface area contributed by atoms with Crippen LogP contribution in [0.3, 0.4) is 0 Å². The van der Waals surface area contributed by atoms with Crippen molar-refractivity contribution in [2.75, 3.05) is 25.1 Å². The molecule has 2 N–H and O–H groups in total. The topological polar surface area (TPSA) is 64.3 Å². The molecule has 0 saturated carbocycles. The largest absolute Gasteiger partial charge is 0.478 e. The summed E-state index contributed by atoms with van der Waals surface area (Å²) in [5, 5.41) is 0. The van der Waals surface area contributed by atoms with E-state index in [0.29, 0.717) is 25.0 Å². The van der Waals surface area contributed by atoms with Gasteiger partial charge in [-0.2, -0.15) is 4.98 Å². The number of nitrogens with two attached hydrogens (primary N) is 1. The SMILES string of the molecule is CCOc1cc(C)nc(N(C)C(C)(C)CN)n1. The molecule has 0 atom stereocenters. The Morgan fingerprint density at radius 2 is 2.06 bits per heavy atom. The molecule has 0 unspecified atom stereocenters. The summed E-state index contributed by atoms with van der Waals surface area (Å²) >= 11 is 0. The van der Waals surface area contributed by atoms with E-state index >= 15 is 0 Å². The van der Waals surface area contributed by atoms with Crippen molar-refractivity contribution in [1.82, 2.24) is 9.97 Å². The summed E-state index contributed by atoms with van der Waals surface area (Å²) in [4.78, 5) is 10.8. The summed E-state index contributed by atoms with van der Waals surface area (Å²) in [6, 6.07) is 1.83. The highest BCUT2D eigenvalue weighted by atomic mass is 16.5. The van der Waals surface area contributed by atoms with E-state index in [1.54, 1.807) is 0 Å². The Morgan fingerprint density at radius 3 is 2.59 bits per heavy atom. The van der Waals surface area contributed by atoms with E-state index in [-0.39, 0.29) is 5.54 Å². The highest BCUT2D eigenvalue weighted by Gasteiger charge is 2.24. The van der Waals surface area contributed by atoms with Gasteiger partial charge in [0.25, 0.3) is 0 Å². The molecular formula is C12H22N4O. The number of nitrogens with zero attached hydrogens (tertiary/aromatic N) is 3. The van der Waals surface area contributed by atoms with Crippen LogP contribution in [0.1, 0.15) is 26.5 Å². The number of ether oxygens (including phenoxy) is 1. The fourth-order valence-electron chi connectivity index (χ4n) is 1.30. The number of anilines is 1. The fourth-order valence-corrected chi connectivity index (χ4v) is 1.30. The van der Waals surface area contributed by atoms with Gasteiger partial charge in [0.1, 0.15) is 0 Å². The van der Waals surface area contributed by atoms with Crippen molar-refractivity contribution in [3.8, 4) is 5.88 Å². The van der Waals surface area contributed by atoms with E-state index in [1.165, 1.54) is 0 Å². The number of hydrogen-bond donors (Lipinski definition) is 1. The average Bonchev–Trinajstić information content (AvgIpc) is 2.27. The van der Waals surface area contributed by atoms with E-state index in [1.807, 2.05) is 31.9 Å². The third kappa shape index (κ3) is 3.30. The Labute approximate surface area is 103 Å². The predicted octanol–water partition coefficient (Wildman–Crippen LogP) is 1.36. The Bertz CT molecular complexity index is 379. The minimum atomic E-state index is -0.183. The lowest BCUT2D eigenvalue weighted by atomic mass is 10.1. The van der Waals surface area contributed by atoms with Gasteiger partial charge in [0.2, 0.25) is 11.8 Å². The second-order valence-electron chi connectivity index (χ2n) is 4.66. The zero-order valence-corrected chi connectivity index (χ0v) is 11.3. The molecule has 0 bridgehead atoms. The highest BCUT2D eigenvalue weighted by molar-refractivity contribution is 5.36. The van der Waals surface area contributed by atoms with Crippen LogP contribution in [-0.2, 0) is 0 Å². The zero-order valence-electron chi connectivity index (χ0n) is 11.3. The molecule has 0 radical (unpaired) electrons. The van der Waals surface area contributed by atoms with Gasteiger partial charge < -0.3 is 15.4 Å². The minimum Gasteiger partial charge on any atom is -0.478 e. The van der Waals surface area contributed by atoms with Gasteiger partial charge in [0.15, 0.2) is 0 Å². The van der Waals surface area contributed by atoms with E-state index in [2.05, 4.69) is 23.8 Å². The summed E-state index contributed by atoms with van der Waals surface area (Å²) in [5.41, 5.74) is 6.45. The molecule has 0 aliphatic carbocycles. The van der Waals surface area contributed by atoms with Crippen molar-refractivity contribution in [2.24, 2.45) is 5.73 Å². The smallest absolute Gasteiger partial charge is 0.229 e. The van der Waals surface area contributed by atoms with Gasteiger partial charge in [-0.15, -0.1) is 0 Å². The highest BCUT2D eigenvalue weighted by Crippen LogP contribution is 2.20. The Balaban J connectivity index is 3.05. The van der Waals surface area contributed by atoms with Crippen LogP contribution in [0.15, 0.2) is 6.07 Å². The van der Waals surface area contributed by atoms with Crippen LogP contribution in [0.2, 0.25) is 0 Å². The van der Waals surface area contributed by atoms with Gasteiger partial charge in [0.05, 0.1) is 6.61 Å². The molecule has 0 saturated heterocycles. The van der Waals surface area contributed by atoms with Gasteiger partial charge in [-0.05, 0) is 27.7 Å². The first-order valence-corrected chi connectivity index (χ1v) is 5.83. The van der Waals surface area contributed by atoms with Crippen LogP contribution in [-0.4, -0.2) is 35.7 Å². The Hall–Kier alpha value is -1.36. The number of rotatable bonds is 5. The van der Waals surface area contributed by atoms with E-state index < -0.39 is 0 Å². The molecule has 0 aromatic carbocycles. The fraction of sp³-hybridized carbons (Fsp3) is 0.667. The Morgan fingerprint density at radius 1 is 1.41 bits per heavy atom. The maximum absolute atomic E-state index is 5.75. The quantitative estimate of drug-likeness (QED) is 0.839. The predicted molar refractivity (Wildman–Crippen MR) is 69.5 cm³/mol. The van der Waals surface area contributed by atoms with Crippen LogP contribution in [0.4, 0.5) is 5.95 Å². The number of aromatic nitrogens is 2. The van der Waals surface area contributed by atoms with E-state index in [4.69, 9.17) is 10.5 Å². The molecule has 17 heavy (non-hydrogen) atoms. The van der Waals surface area contributed by atoms with E-state index in [0.717, 1.165) is 5.69 Å². The summed E-state index contributed by atoms with van der Waals surface area (Å²) in [6.45, 7) is 9.10. The van der Waals surface area contributed by atoms with Crippen molar-refractivity contribution in [1.29, 1.82) is 0 Å².